The smallest absolute Gasteiger partial charge is 0.0664 e. The lowest BCUT2D eigenvalue weighted by atomic mass is 10.1. The van der Waals surface area contributed by atoms with Crippen LogP contribution in [-0.4, -0.2) is 11.2 Å². The van der Waals surface area contributed by atoms with Gasteiger partial charge in [-0.25, -0.2) is 4.99 Å². The third-order valence-corrected chi connectivity index (χ3v) is 3.73. The van der Waals surface area contributed by atoms with E-state index in [2.05, 4.69) is 22.4 Å². The van der Waals surface area contributed by atoms with Gasteiger partial charge in [0.25, 0.3) is 0 Å². The minimum absolute atomic E-state index is 0.604. The average molecular weight is 151 g/mol. The summed E-state index contributed by atoms with van der Waals surface area (Å²) in [5.41, 5.74) is 0. The van der Waals surface area contributed by atoms with Crippen LogP contribution in [0.5, 0.6) is 0 Å². The Morgan fingerprint density at radius 1 is 1.30 bits per heavy atom. The van der Waals surface area contributed by atoms with Crippen LogP contribution in [0.15, 0.2) is 4.99 Å². The van der Waals surface area contributed by atoms with Crippen LogP contribution < -0.4 is 0 Å². The molecule has 1 nitrogen and oxygen atoms in total. The highest BCUT2D eigenvalue weighted by atomic mass is 32.1. The van der Waals surface area contributed by atoms with E-state index in [0.29, 0.717) is 6.04 Å². The molecule has 0 aromatic rings. The Hall–Kier alpha value is -0.200. The highest BCUT2D eigenvalue weighted by molar-refractivity contribution is 7.78. The molecule has 4 bridgehead atoms. The predicted octanol–water partition coefficient (Wildman–Crippen LogP) is 1.74. The first-order valence-electron chi connectivity index (χ1n) is 3.99. The van der Waals surface area contributed by atoms with E-state index in [1.807, 2.05) is 0 Å². The van der Waals surface area contributed by atoms with Crippen molar-refractivity contribution in [3.63, 3.8) is 0 Å². The first kappa shape index (κ1) is 5.45. The normalized spacial score (nSPS) is 60.2. The van der Waals surface area contributed by atoms with Crippen LogP contribution in [-0.2, 0) is 0 Å². The van der Waals surface area contributed by atoms with Crippen molar-refractivity contribution < 1.29 is 0 Å². The number of nitrogens with zero attached hydrogens (tertiary/aromatic N) is 1. The lowest BCUT2D eigenvalue weighted by Crippen LogP contribution is -2.07. The summed E-state index contributed by atoms with van der Waals surface area (Å²) >= 11 is 4.61. The van der Waals surface area contributed by atoms with Gasteiger partial charge >= 0.3 is 0 Å². The van der Waals surface area contributed by atoms with Gasteiger partial charge in [-0.2, -0.15) is 0 Å². The maximum Gasteiger partial charge on any atom is 0.0664 e. The molecule has 0 heterocycles. The molecule has 4 aliphatic carbocycles. The standard InChI is InChI=1S/C8H9NS/c10-3-9-8-4-1-5-6(2-4)7(5)8/h4-8H,1-2H2. The highest BCUT2D eigenvalue weighted by Gasteiger charge is 2.68. The monoisotopic (exact) mass is 151 g/mol. The number of hydrogen-bond acceptors (Lipinski definition) is 2. The van der Waals surface area contributed by atoms with Gasteiger partial charge in [-0.15, -0.1) is 0 Å². The Kier molecular flexibility index (Phi) is 0.826. The van der Waals surface area contributed by atoms with Gasteiger partial charge in [0.1, 0.15) is 0 Å². The minimum atomic E-state index is 0.604. The topological polar surface area (TPSA) is 12.4 Å². The lowest BCUT2D eigenvalue weighted by Gasteiger charge is -2.04. The molecule has 3 unspecified atom stereocenters. The summed E-state index contributed by atoms with van der Waals surface area (Å²) in [6.45, 7) is 0. The molecule has 0 amide bonds. The van der Waals surface area contributed by atoms with Crippen molar-refractivity contribution in [1.29, 1.82) is 0 Å². The van der Waals surface area contributed by atoms with Crippen LogP contribution in [0.3, 0.4) is 0 Å². The van der Waals surface area contributed by atoms with Gasteiger partial charge in [-0.05, 0) is 48.7 Å². The summed E-state index contributed by atoms with van der Waals surface area (Å²) in [4.78, 5) is 4.23. The summed E-state index contributed by atoms with van der Waals surface area (Å²) < 4.78 is 0. The molecule has 4 fully saturated rings. The van der Waals surface area contributed by atoms with E-state index >= 15 is 0 Å². The zero-order valence-electron chi connectivity index (χ0n) is 5.66. The molecule has 0 N–H and O–H groups in total. The summed E-state index contributed by atoms with van der Waals surface area (Å²) in [7, 11) is 0. The SMILES string of the molecule is S=C=NC1C2CC3C(C2)C31. The first-order chi connectivity index (χ1) is 4.92. The zero-order valence-corrected chi connectivity index (χ0v) is 6.47. The van der Waals surface area contributed by atoms with Crippen molar-refractivity contribution in [2.45, 2.75) is 18.9 Å². The molecule has 0 aliphatic heterocycles. The molecule has 0 saturated heterocycles. The molecule has 4 saturated carbocycles. The first-order valence-corrected chi connectivity index (χ1v) is 4.39. The Labute approximate surface area is 65.5 Å². The number of hydrogen-bond donors (Lipinski definition) is 0. The molecule has 0 spiro atoms. The van der Waals surface area contributed by atoms with Crippen LogP contribution in [0.2, 0.25) is 0 Å². The van der Waals surface area contributed by atoms with Gasteiger partial charge < -0.3 is 0 Å². The van der Waals surface area contributed by atoms with Crippen LogP contribution in [0, 0.1) is 23.7 Å². The quantitative estimate of drug-likeness (QED) is 0.411. The van der Waals surface area contributed by atoms with Crippen LogP contribution in [0.4, 0.5) is 0 Å². The van der Waals surface area contributed by atoms with E-state index in [4.69, 9.17) is 0 Å². The lowest BCUT2D eigenvalue weighted by molar-refractivity contribution is 0.527. The highest BCUT2D eigenvalue weighted by Crippen LogP contribution is 2.71. The molecule has 0 aromatic heterocycles. The molecule has 10 heavy (non-hydrogen) atoms. The molecule has 2 heteroatoms. The molecule has 52 valence electrons. The van der Waals surface area contributed by atoms with Gasteiger partial charge in [0.15, 0.2) is 0 Å². The predicted molar refractivity (Wildman–Crippen MR) is 42.0 cm³/mol. The van der Waals surface area contributed by atoms with Crippen LogP contribution >= 0.6 is 12.2 Å². The van der Waals surface area contributed by atoms with Gasteiger partial charge in [0.2, 0.25) is 0 Å². The summed E-state index contributed by atoms with van der Waals surface area (Å²) in [6.07, 6.45) is 2.89. The Bertz CT molecular complexity index is 217. The molecule has 0 aromatic carbocycles. The van der Waals surface area contributed by atoms with Gasteiger partial charge in [0, 0.05) is 0 Å². The molecular weight excluding hydrogens is 142 g/mol. The van der Waals surface area contributed by atoms with Crippen molar-refractivity contribution in [2.75, 3.05) is 0 Å². The molecule has 4 rings (SSSR count). The van der Waals surface area contributed by atoms with E-state index in [1.165, 1.54) is 12.8 Å². The Balaban J connectivity index is 1.96. The van der Waals surface area contributed by atoms with Gasteiger partial charge in [-0.3, -0.25) is 0 Å². The maximum atomic E-state index is 4.61. The fourth-order valence-electron chi connectivity index (χ4n) is 3.29. The Morgan fingerprint density at radius 3 is 2.40 bits per heavy atom. The second-order valence-corrected chi connectivity index (χ2v) is 4.03. The number of thiocarbonyl (C=S) groups is 1. The van der Waals surface area contributed by atoms with Crippen molar-refractivity contribution in [3.05, 3.63) is 0 Å². The van der Waals surface area contributed by atoms with Crippen LogP contribution in [0.1, 0.15) is 12.8 Å². The van der Waals surface area contributed by atoms with Crippen LogP contribution in [0.25, 0.3) is 0 Å². The van der Waals surface area contributed by atoms with Crippen molar-refractivity contribution in [1.82, 2.24) is 0 Å². The van der Waals surface area contributed by atoms with E-state index < -0.39 is 0 Å². The Morgan fingerprint density at radius 2 is 2.00 bits per heavy atom. The van der Waals surface area contributed by atoms with E-state index in [1.54, 1.807) is 0 Å². The second kappa shape index (κ2) is 1.51. The molecule has 3 atom stereocenters. The fraction of sp³-hybridized carbons (Fsp3) is 0.875. The van der Waals surface area contributed by atoms with E-state index in [0.717, 1.165) is 23.7 Å². The number of isothiocyanates is 1. The maximum absolute atomic E-state index is 4.61. The molecule has 4 aliphatic rings. The summed E-state index contributed by atoms with van der Waals surface area (Å²) in [5.74, 6) is 3.96. The molecular formula is C8H9NS. The van der Waals surface area contributed by atoms with Crippen molar-refractivity contribution in [3.8, 4) is 0 Å². The fourth-order valence-corrected chi connectivity index (χ4v) is 3.41. The van der Waals surface area contributed by atoms with E-state index in [-0.39, 0.29) is 0 Å². The summed E-state index contributed by atoms with van der Waals surface area (Å²) in [5, 5.41) is 2.53. The second-order valence-electron chi connectivity index (χ2n) is 3.85. The average Bonchev–Trinajstić information content (AvgIpc) is 2.38. The molecule has 0 radical (unpaired) electrons. The third-order valence-electron chi connectivity index (χ3n) is 3.63. The largest absolute Gasteiger partial charge is 0.229 e. The van der Waals surface area contributed by atoms with Crippen molar-refractivity contribution >= 4 is 17.4 Å². The number of aliphatic imine (C=N–C) groups is 1. The van der Waals surface area contributed by atoms with Gasteiger partial charge in [-0.1, -0.05) is 0 Å². The minimum Gasteiger partial charge on any atom is -0.229 e. The zero-order chi connectivity index (χ0) is 6.72. The third kappa shape index (κ3) is 0.435. The van der Waals surface area contributed by atoms with E-state index in [9.17, 15) is 0 Å². The summed E-state index contributed by atoms with van der Waals surface area (Å²) in [6, 6.07) is 0.604. The van der Waals surface area contributed by atoms with Gasteiger partial charge in [0.05, 0.1) is 11.2 Å². The number of rotatable bonds is 1. The van der Waals surface area contributed by atoms with Crippen molar-refractivity contribution in [2.24, 2.45) is 28.7 Å².